The highest BCUT2D eigenvalue weighted by atomic mass is 16.6. The Kier molecular flexibility index (Phi) is 30.9. The summed E-state index contributed by atoms with van der Waals surface area (Å²) in [7, 11) is 0. The number of nitrogens with one attached hydrogen (secondary N) is 1. The standard InChI is InChI=1S/C36H71NO7/c1-3-5-7-9-11-13-14-15-16-17-18-19-21-23-25-27-29-37-36(43)35(34(42)33(41)31(39)30-38)44-32(40)28-26-24-22-20-12-10-8-6-4-2/h31,33-35,38-39,41-42H,3-30H2,1-2H3,(H,37,43)/t31-,33-,34+,35-/m1/s1. The summed E-state index contributed by atoms with van der Waals surface area (Å²) in [5, 5.41) is 42.3. The third-order valence-electron chi connectivity index (χ3n) is 8.57. The third kappa shape index (κ3) is 25.0. The van der Waals surface area contributed by atoms with Gasteiger partial charge in [0.25, 0.3) is 5.91 Å². The van der Waals surface area contributed by atoms with Gasteiger partial charge in [-0.05, 0) is 12.8 Å². The minimum absolute atomic E-state index is 0.115. The van der Waals surface area contributed by atoms with Crippen LogP contribution in [0, 0.1) is 0 Å². The fourth-order valence-corrected chi connectivity index (χ4v) is 5.56. The van der Waals surface area contributed by atoms with Gasteiger partial charge in [-0.25, -0.2) is 0 Å². The molecule has 0 aromatic heterocycles. The van der Waals surface area contributed by atoms with Gasteiger partial charge in [-0.1, -0.05) is 162 Å². The third-order valence-corrected chi connectivity index (χ3v) is 8.57. The van der Waals surface area contributed by atoms with E-state index < -0.39 is 42.9 Å². The van der Waals surface area contributed by atoms with Crippen LogP contribution in [0.2, 0.25) is 0 Å². The van der Waals surface area contributed by atoms with Gasteiger partial charge in [0.15, 0.2) is 0 Å². The lowest BCUT2D eigenvalue weighted by molar-refractivity contribution is -0.173. The Morgan fingerprint density at radius 3 is 1.30 bits per heavy atom. The highest BCUT2D eigenvalue weighted by Crippen LogP contribution is 2.15. The van der Waals surface area contributed by atoms with E-state index in [-0.39, 0.29) is 6.42 Å². The van der Waals surface area contributed by atoms with Gasteiger partial charge in [-0.3, -0.25) is 9.59 Å². The van der Waals surface area contributed by atoms with Gasteiger partial charge in [-0.15, -0.1) is 0 Å². The lowest BCUT2D eigenvalue weighted by Crippen LogP contribution is -2.53. The van der Waals surface area contributed by atoms with Crippen LogP contribution in [0.5, 0.6) is 0 Å². The van der Waals surface area contributed by atoms with Crippen LogP contribution in [-0.4, -0.2) is 69.9 Å². The van der Waals surface area contributed by atoms with Crippen LogP contribution in [0.1, 0.15) is 181 Å². The second-order valence-electron chi connectivity index (χ2n) is 12.8. The summed E-state index contributed by atoms with van der Waals surface area (Å²) in [4.78, 5) is 25.3. The second kappa shape index (κ2) is 31.7. The molecule has 1 amide bonds. The van der Waals surface area contributed by atoms with Crippen molar-refractivity contribution >= 4 is 11.9 Å². The highest BCUT2D eigenvalue weighted by Gasteiger charge is 2.38. The van der Waals surface area contributed by atoms with Crippen LogP contribution in [0.15, 0.2) is 0 Å². The summed E-state index contributed by atoms with van der Waals surface area (Å²) >= 11 is 0. The molecule has 0 rings (SSSR count). The van der Waals surface area contributed by atoms with Crippen LogP contribution < -0.4 is 5.32 Å². The number of aliphatic hydroxyl groups is 4. The van der Waals surface area contributed by atoms with Crippen LogP contribution in [0.4, 0.5) is 0 Å². The number of amides is 1. The monoisotopic (exact) mass is 630 g/mol. The number of esters is 1. The summed E-state index contributed by atoms with van der Waals surface area (Å²) in [5.74, 6) is -1.33. The molecular weight excluding hydrogens is 558 g/mol. The number of hydrogen-bond acceptors (Lipinski definition) is 7. The Bertz CT molecular complexity index is 648. The molecule has 0 saturated carbocycles. The van der Waals surface area contributed by atoms with Crippen molar-refractivity contribution in [2.45, 2.75) is 205 Å². The van der Waals surface area contributed by atoms with Gasteiger partial charge in [0.2, 0.25) is 6.10 Å². The predicted molar refractivity (Wildman–Crippen MR) is 179 cm³/mol. The minimum Gasteiger partial charge on any atom is -0.449 e. The maximum atomic E-state index is 12.8. The number of rotatable bonds is 33. The molecule has 5 N–H and O–H groups in total. The van der Waals surface area contributed by atoms with Crippen molar-refractivity contribution in [1.82, 2.24) is 5.32 Å². The first-order valence-corrected chi connectivity index (χ1v) is 18.5. The number of carbonyl (C=O) groups excluding carboxylic acids is 2. The molecule has 8 heteroatoms. The normalized spacial score (nSPS) is 14.2. The largest absolute Gasteiger partial charge is 0.449 e. The SMILES string of the molecule is CCCCCCCCCCCCCCCCCCNC(=O)[C@H](OC(=O)CCCCCCCCCCC)[C@@H](O)[C@H](O)[C@H](O)CO. The molecule has 0 saturated heterocycles. The predicted octanol–water partition coefficient (Wildman–Crippen LogP) is 7.27. The minimum atomic E-state index is -1.85. The van der Waals surface area contributed by atoms with Crippen molar-refractivity contribution in [3.8, 4) is 0 Å². The van der Waals surface area contributed by atoms with Gasteiger partial charge in [0.1, 0.15) is 18.3 Å². The fraction of sp³-hybridized carbons (Fsp3) is 0.944. The van der Waals surface area contributed by atoms with Crippen LogP contribution >= 0.6 is 0 Å². The molecule has 0 heterocycles. The Morgan fingerprint density at radius 2 is 0.909 bits per heavy atom. The van der Waals surface area contributed by atoms with Gasteiger partial charge >= 0.3 is 5.97 Å². The van der Waals surface area contributed by atoms with Gasteiger partial charge < -0.3 is 30.5 Å². The molecule has 0 bridgehead atoms. The number of unbranched alkanes of at least 4 members (excludes halogenated alkanes) is 23. The molecule has 44 heavy (non-hydrogen) atoms. The number of hydrogen-bond donors (Lipinski definition) is 5. The zero-order chi connectivity index (χ0) is 32.7. The Morgan fingerprint density at radius 1 is 0.545 bits per heavy atom. The number of carbonyl (C=O) groups is 2. The van der Waals surface area contributed by atoms with Crippen LogP contribution in [-0.2, 0) is 14.3 Å². The first-order chi connectivity index (χ1) is 21.4. The first kappa shape index (κ1) is 42.8. The summed E-state index contributed by atoms with van der Waals surface area (Å²) in [5.41, 5.74) is 0. The molecule has 0 aromatic carbocycles. The maximum absolute atomic E-state index is 12.8. The summed E-state index contributed by atoms with van der Waals surface area (Å²) in [6.07, 6.45) is 23.1. The summed E-state index contributed by atoms with van der Waals surface area (Å²) in [6.45, 7) is 4.03. The fourth-order valence-electron chi connectivity index (χ4n) is 5.56. The summed E-state index contributed by atoms with van der Waals surface area (Å²) in [6, 6.07) is 0. The van der Waals surface area contributed by atoms with Crippen LogP contribution in [0.3, 0.4) is 0 Å². The van der Waals surface area contributed by atoms with Crippen molar-refractivity contribution in [2.24, 2.45) is 0 Å². The van der Waals surface area contributed by atoms with E-state index in [1.807, 2.05) is 0 Å². The van der Waals surface area contributed by atoms with E-state index in [1.54, 1.807) is 0 Å². The molecule has 0 aliphatic carbocycles. The smallest absolute Gasteiger partial charge is 0.306 e. The van der Waals surface area contributed by atoms with E-state index >= 15 is 0 Å². The van der Waals surface area contributed by atoms with Crippen molar-refractivity contribution in [3.63, 3.8) is 0 Å². The molecule has 0 fully saturated rings. The number of aliphatic hydroxyl groups excluding tert-OH is 4. The molecule has 0 aromatic rings. The first-order valence-electron chi connectivity index (χ1n) is 18.5. The molecule has 0 aliphatic heterocycles. The zero-order valence-corrected chi connectivity index (χ0v) is 28.6. The van der Waals surface area contributed by atoms with E-state index in [9.17, 15) is 24.9 Å². The quantitative estimate of drug-likeness (QED) is 0.0380. The molecule has 0 radical (unpaired) electrons. The maximum Gasteiger partial charge on any atom is 0.306 e. The van der Waals surface area contributed by atoms with Gasteiger partial charge in [0.05, 0.1) is 6.61 Å². The molecule has 8 nitrogen and oxygen atoms in total. The molecule has 262 valence electrons. The Balaban J connectivity index is 4.17. The molecular formula is C36H71NO7. The van der Waals surface area contributed by atoms with Gasteiger partial charge in [-0.2, -0.15) is 0 Å². The lowest BCUT2D eigenvalue weighted by atomic mass is 10.0. The summed E-state index contributed by atoms with van der Waals surface area (Å²) < 4.78 is 5.29. The van der Waals surface area contributed by atoms with E-state index in [0.717, 1.165) is 38.5 Å². The van der Waals surface area contributed by atoms with Crippen molar-refractivity contribution in [3.05, 3.63) is 0 Å². The molecule has 0 unspecified atom stereocenters. The van der Waals surface area contributed by atoms with E-state index in [1.165, 1.54) is 116 Å². The van der Waals surface area contributed by atoms with Crippen molar-refractivity contribution < 1.29 is 34.8 Å². The molecule has 0 spiro atoms. The second-order valence-corrected chi connectivity index (χ2v) is 12.8. The van der Waals surface area contributed by atoms with E-state index in [2.05, 4.69) is 19.2 Å². The average Bonchev–Trinajstić information content (AvgIpc) is 3.03. The average molecular weight is 630 g/mol. The highest BCUT2D eigenvalue weighted by molar-refractivity contribution is 5.84. The topological polar surface area (TPSA) is 136 Å². The van der Waals surface area contributed by atoms with Crippen molar-refractivity contribution in [2.75, 3.05) is 13.2 Å². The van der Waals surface area contributed by atoms with Crippen LogP contribution in [0.25, 0.3) is 0 Å². The van der Waals surface area contributed by atoms with Gasteiger partial charge in [0, 0.05) is 13.0 Å². The zero-order valence-electron chi connectivity index (χ0n) is 28.6. The Hall–Kier alpha value is -1.22. The van der Waals surface area contributed by atoms with E-state index in [4.69, 9.17) is 9.84 Å². The van der Waals surface area contributed by atoms with E-state index in [0.29, 0.717) is 13.0 Å². The molecule has 4 atom stereocenters. The molecule has 0 aliphatic rings. The lowest BCUT2D eigenvalue weighted by Gasteiger charge is -2.28. The Labute approximate surface area is 270 Å². The van der Waals surface area contributed by atoms with Crippen molar-refractivity contribution in [1.29, 1.82) is 0 Å². The number of ether oxygens (including phenoxy) is 1.